The van der Waals surface area contributed by atoms with Crippen LogP contribution >= 0.6 is 23.2 Å². The van der Waals surface area contributed by atoms with Crippen LogP contribution in [0, 0.1) is 12.8 Å². The SMILES string of the molecule is Cc1cc(Cl)nc(Cl)c1NC(=O)C1CCCC1. The fraction of sp³-hybridized carbons (Fsp3) is 0.500. The van der Waals surface area contributed by atoms with Crippen molar-refractivity contribution in [1.82, 2.24) is 4.98 Å². The first kappa shape index (κ1) is 12.7. The van der Waals surface area contributed by atoms with Gasteiger partial charge in [-0.05, 0) is 31.4 Å². The minimum atomic E-state index is 0.0385. The molecule has 5 heteroatoms. The molecule has 0 saturated heterocycles. The third kappa shape index (κ3) is 2.90. The van der Waals surface area contributed by atoms with Gasteiger partial charge in [0.15, 0.2) is 5.15 Å². The number of nitrogens with zero attached hydrogens (tertiary/aromatic N) is 1. The number of carbonyl (C=O) groups excluding carboxylic acids is 1. The van der Waals surface area contributed by atoms with Crippen molar-refractivity contribution < 1.29 is 4.79 Å². The van der Waals surface area contributed by atoms with E-state index in [4.69, 9.17) is 23.2 Å². The molecule has 1 aromatic rings. The summed E-state index contributed by atoms with van der Waals surface area (Å²) in [6, 6.07) is 1.69. The Morgan fingerprint density at radius 2 is 2.06 bits per heavy atom. The van der Waals surface area contributed by atoms with E-state index in [1.807, 2.05) is 6.92 Å². The van der Waals surface area contributed by atoms with Gasteiger partial charge in [0, 0.05) is 5.92 Å². The maximum Gasteiger partial charge on any atom is 0.227 e. The predicted octanol–water partition coefficient (Wildman–Crippen LogP) is 3.83. The second-order valence-corrected chi connectivity index (χ2v) is 5.14. The Morgan fingerprint density at radius 1 is 1.41 bits per heavy atom. The van der Waals surface area contributed by atoms with Gasteiger partial charge in [-0.2, -0.15) is 0 Å². The first-order chi connectivity index (χ1) is 8.08. The molecule has 92 valence electrons. The van der Waals surface area contributed by atoms with E-state index in [2.05, 4.69) is 10.3 Å². The average Bonchev–Trinajstić information content (AvgIpc) is 2.76. The molecule has 0 atom stereocenters. The molecule has 0 aromatic carbocycles. The number of anilines is 1. The standard InChI is InChI=1S/C12H14Cl2N2O/c1-7-6-9(13)15-11(14)10(7)16-12(17)8-4-2-3-5-8/h6,8H,2-5H2,1H3,(H,16,17). The van der Waals surface area contributed by atoms with Gasteiger partial charge in [0.05, 0.1) is 5.69 Å². The van der Waals surface area contributed by atoms with E-state index in [-0.39, 0.29) is 17.0 Å². The van der Waals surface area contributed by atoms with Crippen LogP contribution in [0.1, 0.15) is 31.2 Å². The lowest BCUT2D eigenvalue weighted by Crippen LogP contribution is -2.21. The molecule has 1 aliphatic rings. The molecule has 0 aliphatic heterocycles. The Balaban J connectivity index is 2.15. The summed E-state index contributed by atoms with van der Waals surface area (Å²) in [4.78, 5) is 15.9. The van der Waals surface area contributed by atoms with Gasteiger partial charge in [-0.3, -0.25) is 4.79 Å². The minimum absolute atomic E-state index is 0.0385. The molecule has 3 nitrogen and oxygen atoms in total. The largest absolute Gasteiger partial charge is 0.323 e. The molecule has 1 N–H and O–H groups in total. The summed E-state index contributed by atoms with van der Waals surface area (Å²) in [5.41, 5.74) is 1.41. The van der Waals surface area contributed by atoms with Crippen LogP contribution in [0.2, 0.25) is 10.3 Å². The highest BCUT2D eigenvalue weighted by Gasteiger charge is 2.23. The minimum Gasteiger partial charge on any atom is -0.323 e. The quantitative estimate of drug-likeness (QED) is 0.832. The Bertz CT molecular complexity index is 419. The van der Waals surface area contributed by atoms with Gasteiger partial charge < -0.3 is 5.32 Å². The highest BCUT2D eigenvalue weighted by molar-refractivity contribution is 6.34. The number of rotatable bonds is 2. The fourth-order valence-corrected chi connectivity index (χ4v) is 2.74. The van der Waals surface area contributed by atoms with E-state index >= 15 is 0 Å². The number of nitrogens with one attached hydrogen (secondary N) is 1. The van der Waals surface area contributed by atoms with E-state index < -0.39 is 0 Å². The molecule has 1 aromatic heterocycles. The van der Waals surface area contributed by atoms with Crippen molar-refractivity contribution in [3.63, 3.8) is 0 Å². The van der Waals surface area contributed by atoms with Crippen molar-refractivity contribution >= 4 is 34.8 Å². The molecule has 0 spiro atoms. The summed E-state index contributed by atoms with van der Waals surface area (Å²) in [6.07, 6.45) is 4.18. The van der Waals surface area contributed by atoms with E-state index in [1.54, 1.807) is 6.07 Å². The lowest BCUT2D eigenvalue weighted by atomic mass is 10.1. The van der Waals surface area contributed by atoms with E-state index in [1.165, 1.54) is 0 Å². The second-order valence-electron chi connectivity index (χ2n) is 4.40. The van der Waals surface area contributed by atoms with Gasteiger partial charge in [0.1, 0.15) is 5.15 Å². The molecule has 17 heavy (non-hydrogen) atoms. The van der Waals surface area contributed by atoms with E-state index in [0.717, 1.165) is 31.2 Å². The monoisotopic (exact) mass is 272 g/mol. The lowest BCUT2D eigenvalue weighted by molar-refractivity contribution is -0.119. The van der Waals surface area contributed by atoms with Crippen molar-refractivity contribution in [2.45, 2.75) is 32.6 Å². The number of pyridine rings is 1. The average molecular weight is 273 g/mol. The Morgan fingerprint density at radius 3 is 2.65 bits per heavy atom. The maximum atomic E-state index is 12.0. The summed E-state index contributed by atoms with van der Waals surface area (Å²) in [5, 5.41) is 3.45. The summed E-state index contributed by atoms with van der Waals surface area (Å²) >= 11 is 11.8. The molecular weight excluding hydrogens is 259 g/mol. The van der Waals surface area contributed by atoms with Crippen LogP contribution in [-0.2, 0) is 4.79 Å². The molecule has 0 unspecified atom stereocenters. The summed E-state index contributed by atoms with van der Waals surface area (Å²) in [6.45, 7) is 1.85. The molecule has 0 bridgehead atoms. The molecule has 1 amide bonds. The van der Waals surface area contributed by atoms with E-state index in [0.29, 0.717) is 10.8 Å². The number of hydrogen-bond donors (Lipinski definition) is 1. The predicted molar refractivity (Wildman–Crippen MR) is 69.6 cm³/mol. The van der Waals surface area contributed by atoms with Gasteiger partial charge in [-0.15, -0.1) is 0 Å². The highest BCUT2D eigenvalue weighted by Crippen LogP contribution is 2.30. The van der Waals surface area contributed by atoms with Crippen LogP contribution in [-0.4, -0.2) is 10.9 Å². The third-order valence-corrected chi connectivity index (χ3v) is 3.58. The van der Waals surface area contributed by atoms with Crippen molar-refractivity contribution in [2.75, 3.05) is 5.32 Å². The number of halogens is 2. The van der Waals surface area contributed by atoms with Crippen LogP contribution in [0.3, 0.4) is 0 Å². The zero-order valence-corrected chi connectivity index (χ0v) is 11.1. The molecular formula is C12H14Cl2N2O. The third-order valence-electron chi connectivity index (χ3n) is 3.12. The number of aryl methyl sites for hydroxylation is 1. The molecule has 1 saturated carbocycles. The van der Waals surface area contributed by atoms with Crippen molar-refractivity contribution in [3.05, 3.63) is 21.9 Å². The topological polar surface area (TPSA) is 42.0 Å². The second kappa shape index (κ2) is 5.23. The number of hydrogen-bond acceptors (Lipinski definition) is 2. The van der Waals surface area contributed by atoms with Crippen LogP contribution in [0.4, 0.5) is 5.69 Å². The smallest absolute Gasteiger partial charge is 0.227 e. The molecule has 1 aliphatic carbocycles. The number of aromatic nitrogens is 1. The first-order valence-corrected chi connectivity index (χ1v) is 6.47. The lowest BCUT2D eigenvalue weighted by Gasteiger charge is -2.13. The maximum absolute atomic E-state index is 12.0. The zero-order valence-electron chi connectivity index (χ0n) is 9.59. The Hall–Kier alpha value is -0.800. The Labute approximate surface area is 111 Å². The van der Waals surface area contributed by atoms with Gasteiger partial charge >= 0.3 is 0 Å². The molecule has 2 rings (SSSR count). The fourth-order valence-electron chi connectivity index (χ4n) is 2.16. The van der Waals surface area contributed by atoms with Crippen LogP contribution in [0.5, 0.6) is 0 Å². The van der Waals surface area contributed by atoms with Crippen molar-refractivity contribution in [1.29, 1.82) is 0 Å². The summed E-state index contributed by atoms with van der Waals surface area (Å²) in [5.74, 6) is 0.151. The molecule has 1 heterocycles. The first-order valence-electron chi connectivity index (χ1n) is 5.71. The van der Waals surface area contributed by atoms with Crippen LogP contribution in [0.15, 0.2) is 6.07 Å². The van der Waals surface area contributed by atoms with Gasteiger partial charge in [0.2, 0.25) is 5.91 Å². The zero-order chi connectivity index (χ0) is 12.4. The van der Waals surface area contributed by atoms with Crippen molar-refractivity contribution in [2.24, 2.45) is 5.92 Å². The summed E-state index contributed by atoms with van der Waals surface area (Å²) in [7, 11) is 0. The van der Waals surface area contributed by atoms with Crippen LogP contribution < -0.4 is 5.32 Å². The number of carbonyl (C=O) groups is 1. The summed E-state index contributed by atoms with van der Waals surface area (Å²) < 4.78 is 0. The van der Waals surface area contributed by atoms with Gasteiger partial charge in [-0.1, -0.05) is 36.0 Å². The van der Waals surface area contributed by atoms with Gasteiger partial charge in [-0.25, -0.2) is 4.98 Å². The number of amides is 1. The van der Waals surface area contributed by atoms with Crippen molar-refractivity contribution in [3.8, 4) is 0 Å². The van der Waals surface area contributed by atoms with Gasteiger partial charge in [0.25, 0.3) is 0 Å². The highest BCUT2D eigenvalue weighted by atomic mass is 35.5. The normalized spacial score (nSPS) is 16.2. The Kier molecular flexibility index (Phi) is 3.89. The molecule has 0 radical (unpaired) electrons. The van der Waals surface area contributed by atoms with E-state index in [9.17, 15) is 4.79 Å². The molecule has 1 fully saturated rings. The van der Waals surface area contributed by atoms with Crippen LogP contribution in [0.25, 0.3) is 0 Å².